The van der Waals surface area contributed by atoms with Gasteiger partial charge in [0, 0.05) is 36.0 Å². The lowest BCUT2D eigenvalue weighted by Gasteiger charge is -2.42. The summed E-state index contributed by atoms with van der Waals surface area (Å²) in [7, 11) is -3.71. The average Bonchev–Trinajstić information content (AvgIpc) is 2.94. The molecule has 5 rings (SSSR count). The minimum atomic E-state index is -3.71. The molecule has 206 valence electrons. The predicted molar refractivity (Wildman–Crippen MR) is 149 cm³/mol. The minimum Gasteiger partial charge on any atom is -0.398 e. The molecule has 2 N–H and O–H groups in total. The number of pyridine rings is 1. The Hall–Kier alpha value is -3.01. The second-order valence-electron chi connectivity index (χ2n) is 10.4. The fraction of sp³-hybridized carbons (Fsp3) is 0.379. The summed E-state index contributed by atoms with van der Waals surface area (Å²) in [6.07, 6.45) is 6.48. The number of nitrogen functional groups attached to an aromatic ring is 1. The third-order valence-corrected chi connectivity index (χ3v) is 9.77. The Kier molecular flexibility index (Phi) is 8.21. The van der Waals surface area contributed by atoms with Crippen LogP contribution < -0.4 is 5.73 Å². The summed E-state index contributed by atoms with van der Waals surface area (Å²) in [6.45, 7) is 3.33. The molecule has 2 saturated heterocycles. The number of likely N-dealkylation sites (tertiary alicyclic amines) is 2. The lowest BCUT2D eigenvalue weighted by molar-refractivity contribution is 0.0553. The largest absolute Gasteiger partial charge is 0.398 e. The first-order valence-corrected chi connectivity index (χ1v) is 15.1. The number of halogens is 2. The number of piperidine rings is 2. The molecule has 0 unspecified atom stereocenters. The van der Waals surface area contributed by atoms with E-state index in [0.29, 0.717) is 35.6 Å². The number of aromatic nitrogens is 1. The molecule has 7 nitrogen and oxygen atoms in total. The van der Waals surface area contributed by atoms with Crippen molar-refractivity contribution in [1.82, 2.24) is 14.8 Å². The molecule has 2 aromatic carbocycles. The van der Waals surface area contributed by atoms with E-state index in [0.717, 1.165) is 50.8 Å². The first-order chi connectivity index (χ1) is 18.7. The minimum absolute atomic E-state index is 0.0234. The molecule has 0 bridgehead atoms. The van der Waals surface area contributed by atoms with Crippen LogP contribution in [0.3, 0.4) is 0 Å². The van der Waals surface area contributed by atoms with Crippen molar-refractivity contribution in [2.45, 2.75) is 48.1 Å². The van der Waals surface area contributed by atoms with Crippen LogP contribution in [-0.2, 0) is 16.3 Å². The van der Waals surface area contributed by atoms with Crippen molar-refractivity contribution >= 4 is 33.0 Å². The molecule has 0 radical (unpaired) electrons. The zero-order valence-corrected chi connectivity index (χ0v) is 23.2. The molecule has 3 heterocycles. The van der Waals surface area contributed by atoms with E-state index < -0.39 is 15.7 Å². The third kappa shape index (κ3) is 6.26. The smallest absolute Gasteiger partial charge is 0.255 e. The Bertz CT molecular complexity index is 1440. The summed E-state index contributed by atoms with van der Waals surface area (Å²) >= 11 is 5.96. The van der Waals surface area contributed by atoms with Crippen molar-refractivity contribution in [2.75, 3.05) is 31.9 Å². The Morgan fingerprint density at radius 2 is 1.74 bits per heavy atom. The zero-order chi connectivity index (χ0) is 27.6. The van der Waals surface area contributed by atoms with Crippen molar-refractivity contribution in [3.05, 3.63) is 82.8 Å². The maximum atomic E-state index is 13.3. The average molecular weight is 571 g/mol. The molecule has 2 aliphatic rings. The fourth-order valence-electron chi connectivity index (χ4n) is 5.63. The summed E-state index contributed by atoms with van der Waals surface area (Å²) in [5.74, 6) is -0.0626. The van der Waals surface area contributed by atoms with Gasteiger partial charge in [0.1, 0.15) is 5.82 Å². The number of sulfone groups is 1. The summed E-state index contributed by atoms with van der Waals surface area (Å²) in [6, 6.07) is 14.0. The first-order valence-electron chi connectivity index (χ1n) is 13.2. The van der Waals surface area contributed by atoms with Gasteiger partial charge in [0.15, 0.2) is 5.03 Å². The quantitative estimate of drug-likeness (QED) is 0.426. The number of carbonyl (C=O) groups is 1. The fourth-order valence-corrected chi connectivity index (χ4v) is 7.11. The van der Waals surface area contributed by atoms with E-state index in [1.165, 1.54) is 30.3 Å². The number of nitrogens with zero attached hydrogens (tertiary/aromatic N) is 3. The van der Waals surface area contributed by atoms with Crippen molar-refractivity contribution in [1.29, 1.82) is 0 Å². The van der Waals surface area contributed by atoms with Crippen LogP contribution in [0.25, 0.3) is 0 Å². The molecular weight excluding hydrogens is 539 g/mol. The molecule has 0 aliphatic carbocycles. The number of benzene rings is 2. The highest BCUT2D eigenvalue weighted by atomic mass is 35.5. The SMILES string of the molecule is Nc1cc(F)ccc1C(=O)N1CCC(N2CCC(Cc3ccc(S(=O)(=O)c4cccc(Cl)c4)nc3)CC2)CC1. The van der Waals surface area contributed by atoms with Gasteiger partial charge in [-0.1, -0.05) is 23.7 Å². The second-order valence-corrected chi connectivity index (χ2v) is 12.7. The van der Waals surface area contributed by atoms with E-state index in [2.05, 4.69) is 9.88 Å². The molecule has 1 amide bonds. The van der Waals surface area contributed by atoms with Crippen LogP contribution in [0, 0.1) is 11.7 Å². The molecule has 39 heavy (non-hydrogen) atoms. The van der Waals surface area contributed by atoms with E-state index in [9.17, 15) is 17.6 Å². The maximum absolute atomic E-state index is 13.3. The van der Waals surface area contributed by atoms with Crippen molar-refractivity contribution < 1.29 is 17.6 Å². The van der Waals surface area contributed by atoms with Crippen LogP contribution in [0.5, 0.6) is 0 Å². The molecule has 0 saturated carbocycles. The normalized spacial score (nSPS) is 17.8. The van der Waals surface area contributed by atoms with E-state index in [1.54, 1.807) is 24.4 Å². The molecule has 2 aliphatic heterocycles. The zero-order valence-electron chi connectivity index (χ0n) is 21.6. The number of hydrogen-bond donors (Lipinski definition) is 1. The lowest BCUT2D eigenvalue weighted by atomic mass is 9.89. The topological polar surface area (TPSA) is 96.6 Å². The van der Waals surface area contributed by atoms with Crippen molar-refractivity contribution in [3.8, 4) is 0 Å². The van der Waals surface area contributed by atoms with Gasteiger partial charge in [-0.2, -0.15) is 0 Å². The van der Waals surface area contributed by atoms with E-state index in [4.69, 9.17) is 17.3 Å². The van der Waals surface area contributed by atoms with Crippen molar-refractivity contribution in [2.24, 2.45) is 5.92 Å². The van der Waals surface area contributed by atoms with Gasteiger partial charge < -0.3 is 15.5 Å². The van der Waals surface area contributed by atoms with Crippen LogP contribution in [0.1, 0.15) is 41.6 Å². The Morgan fingerprint density at radius 1 is 1.00 bits per heavy atom. The third-order valence-electron chi connectivity index (χ3n) is 7.86. The molecule has 0 atom stereocenters. The number of rotatable bonds is 6. The number of carbonyl (C=O) groups excluding carboxylic acids is 1. The van der Waals surface area contributed by atoms with Crippen LogP contribution in [-0.4, -0.2) is 61.3 Å². The Morgan fingerprint density at radius 3 is 2.38 bits per heavy atom. The molecule has 0 spiro atoms. The molecule has 1 aromatic heterocycles. The highest BCUT2D eigenvalue weighted by Gasteiger charge is 2.30. The second kappa shape index (κ2) is 11.6. The van der Waals surface area contributed by atoms with Gasteiger partial charge in [0.25, 0.3) is 5.91 Å². The molecule has 10 heteroatoms. The summed E-state index contributed by atoms with van der Waals surface area (Å²) in [5, 5.41) is 0.392. The van der Waals surface area contributed by atoms with Gasteiger partial charge in [-0.25, -0.2) is 17.8 Å². The van der Waals surface area contributed by atoms with Gasteiger partial charge in [-0.15, -0.1) is 0 Å². The lowest BCUT2D eigenvalue weighted by Crippen LogP contribution is -2.49. The van der Waals surface area contributed by atoms with Gasteiger partial charge in [0.2, 0.25) is 9.84 Å². The highest BCUT2D eigenvalue weighted by Crippen LogP contribution is 2.28. The molecule has 2 fully saturated rings. The number of nitrogens with two attached hydrogens (primary N) is 1. The van der Waals surface area contributed by atoms with E-state index in [1.807, 2.05) is 11.0 Å². The van der Waals surface area contributed by atoms with E-state index >= 15 is 0 Å². The maximum Gasteiger partial charge on any atom is 0.255 e. The Labute approximate surface area is 233 Å². The number of anilines is 1. The van der Waals surface area contributed by atoms with E-state index in [-0.39, 0.29) is 21.5 Å². The molecular formula is C29H32ClFN4O3S. The number of hydrogen-bond acceptors (Lipinski definition) is 6. The summed E-state index contributed by atoms with van der Waals surface area (Å²) in [4.78, 5) is 21.6. The van der Waals surface area contributed by atoms with Gasteiger partial charge in [-0.05, 0) is 99.1 Å². The van der Waals surface area contributed by atoms with Crippen LogP contribution in [0.4, 0.5) is 10.1 Å². The monoisotopic (exact) mass is 570 g/mol. The molecule has 3 aromatic rings. The van der Waals surface area contributed by atoms with Crippen molar-refractivity contribution in [3.63, 3.8) is 0 Å². The van der Waals surface area contributed by atoms with Crippen LogP contribution >= 0.6 is 11.6 Å². The van der Waals surface area contributed by atoms with Gasteiger partial charge in [0.05, 0.1) is 10.5 Å². The standard InChI is InChI=1S/C29H32ClFN4O3S/c30-22-2-1-3-25(17-22)39(37,38)28-7-4-21(19-33-28)16-20-8-12-34(13-9-20)24-10-14-35(15-11-24)29(36)26-6-5-23(31)18-27(26)32/h1-7,17-20,24H,8-16,32H2. The van der Waals surface area contributed by atoms with Gasteiger partial charge in [-0.3, -0.25) is 4.79 Å². The van der Waals surface area contributed by atoms with Gasteiger partial charge >= 0.3 is 0 Å². The highest BCUT2D eigenvalue weighted by molar-refractivity contribution is 7.91. The Balaban J connectivity index is 1.10. The van der Waals surface area contributed by atoms with Crippen LogP contribution in [0.15, 0.2) is 70.7 Å². The summed E-state index contributed by atoms with van der Waals surface area (Å²) in [5.41, 5.74) is 7.44. The first kappa shape index (κ1) is 27.6. The predicted octanol–water partition coefficient (Wildman–Crippen LogP) is 4.85. The summed E-state index contributed by atoms with van der Waals surface area (Å²) < 4.78 is 39.1. The van der Waals surface area contributed by atoms with Crippen LogP contribution in [0.2, 0.25) is 5.02 Å². The number of amides is 1.